The molecule has 0 radical (unpaired) electrons. The Kier molecular flexibility index (Phi) is 6.17. The third-order valence-corrected chi connectivity index (χ3v) is 4.76. The van der Waals surface area contributed by atoms with Crippen molar-refractivity contribution in [2.75, 3.05) is 19.0 Å². The minimum atomic E-state index is -0.256. The first-order valence-electron chi connectivity index (χ1n) is 8.60. The van der Waals surface area contributed by atoms with Crippen molar-refractivity contribution in [3.05, 3.63) is 54.1 Å². The van der Waals surface area contributed by atoms with Gasteiger partial charge in [0.25, 0.3) is 0 Å². The maximum absolute atomic E-state index is 11.9. The van der Waals surface area contributed by atoms with Crippen LogP contribution in [-0.2, 0) is 16.1 Å². The Balaban J connectivity index is 1.66. The lowest BCUT2D eigenvalue weighted by atomic mass is 10.2. The van der Waals surface area contributed by atoms with Crippen molar-refractivity contribution in [2.45, 2.75) is 25.5 Å². The van der Waals surface area contributed by atoms with Gasteiger partial charge in [-0.1, -0.05) is 41.6 Å². The molecule has 0 aliphatic heterocycles. The van der Waals surface area contributed by atoms with Gasteiger partial charge in [-0.25, -0.2) is 4.98 Å². The number of carbonyl (C=O) groups excluding carboxylic acids is 1. The van der Waals surface area contributed by atoms with Crippen molar-refractivity contribution in [1.29, 1.82) is 0 Å². The Morgan fingerprint density at radius 1 is 1.15 bits per heavy atom. The molecule has 0 aliphatic carbocycles. The van der Waals surface area contributed by atoms with Crippen LogP contribution in [0.15, 0.2) is 53.7 Å². The molecule has 5 nitrogen and oxygen atoms in total. The SMILES string of the molecule is CCOC(=O)Cn1c(SCCOc2ccc(C)cc2)nc2ccccc21. The maximum Gasteiger partial charge on any atom is 0.326 e. The van der Waals surface area contributed by atoms with Crippen molar-refractivity contribution in [1.82, 2.24) is 9.55 Å². The largest absolute Gasteiger partial charge is 0.493 e. The number of fused-ring (bicyclic) bond motifs is 1. The average molecular weight is 370 g/mol. The van der Waals surface area contributed by atoms with Gasteiger partial charge in [0.1, 0.15) is 12.3 Å². The summed E-state index contributed by atoms with van der Waals surface area (Å²) >= 11 is 1.57. The number of rotatable bonds is 8. The average Bonchev–Trinajstić information content (AvgIpc) is 2.98. The number of hydrogen-bond acceptors (Lipinski definition) is 5. The Bertz CT molecular complexity index is 874. The first-order chi connectivity index (χ1) is 12.7. The van der Waals surface area contributed by atoms with E-state index < -0.39 is 0 Å². The monoisotopic (exact) mass is 370 g/mol. The number of imidazole rings is 1. The summed E-state index contributed by atoms with van der Waals surface area (Å²) in [6.07, 6.45) is 0. The number of esters is 1. The normalized spacial score (nSPS) is 10.8. The number of benzene rings is 2. The van der Waals surface area contributed by atoms with Gasteiger partial charge in [0.05, 0.1) is 24.2 Å². The van der Waals surface area contributed by atoms with E-state index in [1.807, 2.05) is 66.9 Å². The molecule has 2 aromatic carbocycles. The Morgan fingerprint density at radius 3 is 2.69 bits per heavy atom. The maximum atomic E-state index is 11.9. The van der Waals surface area contributed by atoms with Crippen molar-refractivity contribution >= 4 is 28.8 Å². The van der Waals surface area contributed by atoms with Gasteiger partial charge in [0.15, 0.2) is 5.16 Å². The lowest BCUT2D eigenvalue weighted by Crippen LogP contribution is -2.14. The number of thioether (sulfide) groups is 1. The van der Waals surface area contributed by atoms with Gasteiger partial charge in [-0.2, -0.15) is 0 Å². The van der Waals surface area contributed by atoms with E-state index in [1.165, 1.54) is 5.56 Å². The quantitative estimate of drug-likeness (QED) is 0.340. The van der Waals surface area contributed by atoms with Crippen LogP contribution >= 0.6 is 11.8 Å². The molecule has 1 heterocycles. The fraction of sp³-hybridized carbons (Fsp3) is 0.300. The summed E-state index contributed by atoms with van der Waals surface area (Å²) < 4.78 is 12.8. The molecule has 0 N–H and O–H groups in total. The Morgan fingerprint density at radius 2 is 1.92 bits per heavy atom. The molecule has 3 aromatic rings. The van der Waals surface area contributed by atoms with Crippen LogP contribution in [0.25, 0.3) is 11.0 Å². The molecule has 0 bridgehead atoms. The number of carbonyl (C=O) groups is 1. The molecule has 3 rings (SSSR count). The highest BCUT2D eigenvalue weighted by Crippen LogP contribution is 2.24. The van der Waals surface area contributed by atoms with Crippen LogP contribution in [0.1, 0.15) is 12.5 Å². The van der Waals surface area contributed by atoms with Gasteiger partial charge in [0, 0.05) is 5.75 Å². The second-order valence-electron chi connectivity index (χ2n) is 5.78. The molecule has 136 valence electrons. The molecule has 0 unspecified atom stereocenters. The highest BCUT2D eigenvalue weighted by Gasteiger charge is 2.14. The number of nitrogens with zero attached hydrogens (tertiary/aromatic N) is 2. The molecular weight excluding hydrogens is 348 g/mol. The second-order valence-corrected chi connectivity index (χ2v) is 6.85. The summed E-state index contributed by atoms with van der Waals surface area (Å²) in [6.45, 7) is 4.96. The van der Waals surface area contributed by atoms with Gasteiger partial charge in [-0.05, 0) is 38.1 Å². The third-order valence-electron chi connectivity index (χ3n) is 3.82. The first-order valence-corrected chi connectivity index (χ1v) is 9.59. The smallest absolute Gasteiger partial charge is 0.326 e. The van der Waals surface area contributed by atoms with Gasteiger partial charge in [0.2, 0.25) is 0 Å². The summed E-state index contributed by atoms with van der Waals surface area (Å²) in [7, 11) is 0. The van der Waals surface area contributed by atoms with Gasteiger partial charge in [-0.3, -0.25) is 4.79 Å². The molecule has 6 heteroatoms. The molecule has 0 saturated heterocycles. The third kappa shape index (κ3) is 4.58. The van der Waals surface area contributed by atoms with E-state index in [0.29, 0.717) is 13.2 Å². The van der Waals surface area contributed by atoms with Gasteiger partial charge >= 0.3 is 5.97 Å². The predicted molar refractivity (Wildman–Crippen MR) is 104 cm³/mol. The molecule has 0 fully saturated rings. The molecule has 0 atom stereocenters. The van der Waals surface area contributed by atoms with E-state index in [4.69, 9.17) is 9.47 Å². The molecule has 0 aliphatic rings. The van der Waals surface area contributed by atoms with Gasteiger partial charge in [-0.15, -0.1) is 0 Å². The van der Waals surface area contributed by atoms with Crippen LogP contribution in [0.3, 0.4) is 0 Å². The zero-order valence-corrected chi connectivity index (χ0v) is 15.8. The summed E-state index contributed by atoms with van der Waals surface area (Å²) in [6, 6.07) is 15.8. The summed E-state index contributed by atoms with van der Waals surface area (Å²) in [4.78, 5) is 16.6. The van der Waals surface area contributed by atoms with Crippen molar-refractivity contribution in [2.24, 2.45) is 0 Å². The van der Waals surface area contributed by atoms with E-state index in [9.17, 15) is 4.79 Å². The van der Waals surface area contributed by atoms with E-state index >= 15 is 0 Å². The first kappa shape index (κ1) is 18.3. The van der Waals surface area contributed by atoms with Crippen LogP contribution < -0.4 is 4.74 Å². The van der Waals surface area contributed by atoms with Crippen LogP contribution in [0.2, 0.25) is 0 Å². The van der Waals surface area contributed by atoms with Crippen LogP contribution in [-0.4, -0.2) is 34.5 Å². The van der Waals surface area contributed by atoms with Crippen LogP contribution in [0.4, 0.5) is 0 Å². The molecule has 26 heavy (non-hydrogen) atoms. The van der Waals surface area contributed by atoms with Crippen molar-refractivity contribution in [3.63, 3.8) is 0 Å². The van der Waals surface area contributed by atoms with Crippen LogP contribution in [0, 0.1) is 6.92 Å². The molecule has 1 aromatic heterocycles. The Hall–Kier alpha value is -2.47. The molecule has 0 amide bonds. The molecular formula is C20H22N2O3S. The highest BCUT2D eigenvalue weighted by atomic mass is 32.2. The molecule has 0 saturated carbocycles. The van der Waals surface area contributed by atoms with E-state index in [1.54, 1.807) is 11.8 Å². The van der Waals surface area contributed by atoms with E-state index in [0.717, 1.165) is 27.7 Å². The second kappa shape index (κ2) is 8.76. The summed E-state index contributed by atoms with van der Waals surface area (Å²) in [5.41, 5.74) is 3.01. The zero-order valence-electron chi connectivity index (χ0n) is 15.0. The molecule has 0 spiro atoms. The minimum absolute atomic E-state index is 0.162. The number of aromatic nitrogens is 2. The zero-order chi connectivity index (χ0) is 18.4. The van der Waals surface area contributed by atoms with Crippen molar-refractivity contribution in [3.8, 4) is 5.75 Å². The fourth-order valence-electron chi connectivity index (χ4n) is 2.58. The fourth-order valence-corrected chi connectivity index (χ4v) is 3.41. The number of hydrogen-bond donors (Lipinski definition) is 0. The number of ether oxygens (including phenoxy) is 2. The number of para-hydroxylation sites is 2. The topological polar surface area (TPSA) is 53.4 Å². The van der Waals surface area contributed by atoms with Gasteiger partial charge < -0.3 is 14.0 Å². The summed E-state index contributed by atoms with van der Waals surface area (Å²) in [5, 5.41) is 0.798. The predicted octanol–water partition coefficient (Wildman–Crippen LogP) is 4.08. The van der Waals surface area contributed by atoms with Crippen LogP contribution in [0.5, 0.6) is 5.75 Å². The van der Waals surface area contributed by atoms with Crippen molar-refractivity contribution < 1.29 is 14.3 Å². The summed E-state index contributed by atoms with van der Waals surface area (Å²) in [5.74, 6) is 1.34. The van der Waals surface area contributed by atoms with E-state index in [-0.39, 0.29) is 12.5 Å². The standard InChI is InChI=1S/C20H22N2O3S/c1-3-24-19(23)14-22-18-7-5-4-6-17(18)21-20(22)26-13-12-25-16-10-8-15(2)9-11-16/h4-11H,3,12-14H2,1-2H3. The number of aryl methyl sites for hydroxylation is 1. The highest BCUT2D eigenvalue weighted by molar-refractivity contribution is 7.99. The minimum Gasteiger partial charge on any atom is -0.493 e. The lowest BCUT2D eigenvalue weighted by molar-refractivity contribution is -0.143. The lowest BCUT2D eigenvalue weighted by Gasteiger charge is -2.09. The Labute approximate surface area is 157 Å². The van der Waals surface area contributed by atoms with E-state index in [2.05, 4.69) is 4.98 Å².